The Kier molecular flexibility index (Phi) is 12.8. The Hall–Kier alpha value is -0.120. The molecule has 2 N–H and O–H groups in total. The first kappa shape index (κ1) is 22.9. The predicted octanol–water partition coefficient (Wildman–Crippen LogP) is 1.76. The van der Waals surface area contributed by atoms with Crippen molar-refractivity contribution in [3.8, 4) is 0 Å². The van der Waals surface area contributed by atoms with Crippen molar-refractivity contribution in [3.05, 3.63) is 0 Å². The molecule has 6 nitrogen and oxygen atoms in total. The van der Waals surface area contributed by atoms with Gasteiger partial charge in [-0.25, -0.2) is 0 Å². The summed E-state index contributed by atoms with van der Waals surface area (Å²) in [4.78, 5) is 9.84. The number of guanidine groups is 1. The molecule has 0 aliphatic carbocycles. The molecule has 0 aromatic rings. The van der Waals surface area contributed by atoms with E-state index in [0.29, 0.717) is 0 Å². The van der Waals surface area contributed by atoms with Gasteiger partial charge in [0.15, 0.2) is 5.96 Å². The zero-order valence-electron chi connectivity index (χ0n) is 16.1. The number of rotatable bonds is 8. The molecule has 1 unspecified atom stereocenters. The summed E-state index contributed by atoms with van der Waals surface area (Å²) in [5.41, 5.74) is 0. The number of halogens is 1. The van der Waals surface area contributed by atoms with Crippen LogP contribution in [0.25, 0.3) is 0 Å². The summed E-state index contributed by atoms with van der Waals surface area (Å²) in [6, 6.07) is 0.769. The van der Waals surface area contributed by atoms with E-state index < -0.39 is 0 Å². The first-order chi connectivity index (χ1) is 11.8. The molecule has 0 amide bonds. The van der Waals surface area contributed by atoms with Crippen molar-refractivity contribution in [1.29, 1.82) is 0 Å². The van der Waals surface area contributed by atoms with Crippen LogP contribution in [-0.4, -0.2) is 87.4 Å². The highest BCUT2D eigenvalue weighted by Crippen LogP contribution is 2.18. The minimum Gasteiger partial charge on any atom is -0.379 e. The number of morpholine rings is 1. The van der Waals surface area contributed by atoms with Gasteiger partial charge in [0, 0.05) is 45.3 Å². The molecule has 2 heterocycles. The average molecular weight is 467 g/mol. The van der Waals surface area contributed by atoms with Crippen molar-refractivity contribution in [3.63, 3.8) is 0 Å². The van der Waals surface area contributed by atoms with Gasteiger partial charge in [0.25, 0.3) is 0 Å². The van der Waals surface area contributed by atoms with E-state index in [1.807, 2.05) is 0 Å². The minimum absolute atomic E-state index is 0. The van der Waals surface area contributed by atoms with Crippen LogP contribution in [0, 0.1) is 0 Å². The van der Waals surface area contributed by atoms with Crippen molar-refractivity contribution in [2.24, 2.45) is 4.99 Å². The maximum atomic E-state index is 5.39. The van der Waals surface area contributed by atoms with Crippen LogP contribution in [0.15, 0.2) is 4.99 Å². The van der Waals surface area contributed by atoms with Gasteiger partial charge in [0.2, 0.25) is 0 Å². The van der Waals surface area contributed by atoms with Crippen LogP contribution in [0.4, 0.5) is 0 Å². The number of likely N-dealkylation sites (tertiary alicyclic amines) is 1. The van der Waals surface area contributed by atoms with Crippen molar-refractivity contribution < 1.29 is 4.74 Å². The molecule has 7 heteroatoms. The third-order valence-electron chi connectivity index (χ3n) is 5.05. The van der Waals surface area contributed by atoms with Gasteiger partial charge in [-0.3, -0.25) is 14.8 Å². The maximum absolute atomic E-state index is 5.39. The zero-order valence-corrected chi connectivity index (χ0v) is 18.5. The molecule has 2 aliphatic heterocycles. The molecular formula is C18H38IN5O. The van der Waals surface area contributed by atoms with Crippen molar-refractivity contribution in [2.75, 3.05) is 65.6 Å². The van der Waals surface area contributed by atoms with Crippen LogP contribution in [-0.2, 0) is 4.74 Å². The van der Waals surface area contributed by atoms with Crippen LogP contribution in [0.5, 0.6) is 0 Å². The fraction of sp³-hybridized carbons (Fsp3) is 0.944. The third kappa shape index (κ3) is 8.88. The Morgan fingerprint density at radius 1 is 1.08 bits per heavy atom. The molecule has 0 aromatic heterocycles. The van der Waals surface area contributed by atoms with E-state index in [9.17, 15) is 0 Å². The fourth-order valence-corrected chi connectivity index (χ4v) is 3.61. The summed E-state index contributed by atoms with van der Waals surface area (Å²) in [6.45, 7) is 14.4. The molecular weight excluding hydrogens is 429 g/mol. The summed E-state index contributed by atoms with van der Waals surface area (Å²) in [7, 11) is 0. The Balaban J connectivity index is 0.00000312. The lowest BCUT2D eigenvalue weighted by molar-refractivity contribution is 0.0389. The number of hydrogen-bond acceptors (Lipinski definition) is 4. The smallest absolute Gasteiger partial charge is 0.191 e. The van der Waals surface area contributed by atoms with Crippen molar-refractivity contribution in [2.45, 2.75) is 45.6 Å². The second-order valence-corrected chi connectivity index (χ2v) is 6.74. The van der Waals surface area contributed by atoms with Gasteiger partial charge in [-0.15, -0.1) is 24.0 Å². The first-order valence-corrected chi connectivity index (χ1v) is 9.89. The van der Waals surface area contributed by atoms with Crippen molar-refractivity contribution >= 4 is 29.9 Å². The molecule has 2 rings (SSSR count). The van der Waals surface area contributed by atoms with E-state index in [4.69, 9.17) is 9.73 Å². The predicted molar refractivity (Wildman–Crippen MR) is 116 cm³/mol. The highest BCUT2D eigenvalue weighted by Gasteiger charge is 2.19. The summed E-state index contributed by atoms with van der Waals surface area (Å²) in [5.74, 6) is 0.954. The fourth-order valence-electron chi connectivity index (χ4n) is 3.61. The molecule has 0 spiro atoms. The first-order valence-electron chi connectivity index (χ1n) is 9.89. The van der Waals surface area contributed by atoms with Gasteiger partial charge in [-0.05, 0) is 32.7 Å². The quantitative estimate of drug-likeness (QED) is 0.324. The van der Waals surface area contributed by atoms with E-state index >= 15 is 0 Å². The van der Waals surface area contributed by atoms with Crippen LogP contribution < -0.4 is 10.6 Å². The Bertz CT molecular complexity index is 363. The molecule has 2 aliphatic rings. The SMILES string of the molecule is CCNC(=NCCN1CCCCC1CC)NCCN1CCOCC1.I. The van der Waals surface area contributed by atoms with Gasteiger partial charge >= 0.3 is 0 Å². The van der Waals surface area contributed by atoms with E-state index in [1.165, 1.54) is 32.2 Å². The summed E-state index contributed by atoms with van der Waals surface area (Å²) < 4.78 is 5.39. The molecule has 0 saturated carbocycles. The lowest BCUT2D eigenvalue weighted by Crippen LogP contribution is -2.45. The summed E-state index contributed by atoms with van der Waals surface area (Å²) >= 11 is 0. The Morgan fingerprint density at radius 2 is 1.88 bits per heavy atom. The topological polar surface area (TPSA) is 52.1 Å². The molecule has 25 heavy (non-hydrogen) atoms. The lowest BCUT2D eigenvalue weighted by atomic mass is 10.0. The molecule has 2 saturated heterocycles. The van der Waals surface area contributed by atoms with Crippen LogP contribution in [0.3, 0.4) is 0 Å². The van der Waals surface area contributed by atoms with E-state index in [0.717, 1.165) is 71.0 Å². The molecule has 148 valence electrons. The highest BCUT2D eigenvalue weighted by molar-refractivity contribution is 14.0. The third-order valence-corrected chi connectivity index (χ3v) is 5.05. The van der Waals surface area contributed by atoms with Crippen LogP contribution in [0.2, 0.25) is 0 Å². The second-order valence-electron chi connectivity index (χ2n) is 6.74. The van der Waals surface area contributed by atoms with E-state index in [2.05, 4.69) is 34.3 Å². The van der Waals surface area contributed by atoms with Gasteiger partial charge < -0.3 is 15.4 Å². The monoisotopic (exact) mass is 467 g/mol. The van der Waals surface area contributed by atoms with Crippen molar-refractivity contribution in [1.82, 2.24) is 20.4 Å². The average Bonchev–Trinajstić information content (AvgIpc) is 2.63. The number of aliphatic imine (C=N–C) groups is 1. The molecule has 0 radical (unpaired) electrons. The molecule has 1 atom stereocenters. The summed E-state index contributed by atoms with van der Waals surface area (Å²) in [5, 5.41) is 6.83. The van der Waals surface area contributed by atoms with E-state index in [1.54, 1.807) is 0 Å². The van der Waals surface area contributed by atoms with Crippen LogP contribution >= 0.6 is 24.0 Å². The zero-order chi connectivity index (χ0) is 17.0. The minimum atomic E-state index is 0. The number of nitrogens with zero attached hydrogens (tertiary/aromatic N) is 3. The Morgan fingerprint density at radius 3 is 2.60 bits per heavy atom. The highest BCUT2D eigenvalue weighted by atomic mass is 127. The lowest BCUT2D eigenvalue weighted by Gasteiger charge is -2.34. The standard InChI is InChI=1S/C18H37N5O.HI/c1-3-17-7-5-6-10-23(17)12-9-21-18(19-4-2)20-8-11-22-13-15-24-16-14-22;/h17H,3-16H2,1-2H3,(H2,19,20,21);1H. The van der Waals surface area contributed by atoms with Gasteiger partial charge in [-0.2, -0.15) is 0 Å². The normalized spacial score (nSPS) is 23.1. The number of piperidine rings is 1. The van der Waals surface area contributed by atoms with Gasteiger partial charge in [0.1, 0.15) is 0 Å². The largest absolute Gasteiger partial charge is 0.379 e. The molecule has 0 bridgehead atoms. The van der Waals surface area contributed by atoms with E-state index in [-0.39, 0.29) is 24.0 Å². The molecule has 2 fully saturated rings. The maximum Gasteiger partial charge on any atom is 0.191 e. The number of hydrogen-bond donors (Lipinski definition) is 2. The summed E-state index contributed by atoms with van der Waals surface area (Å²) in [6.07, 6.45) is 5.36. The Labute approximate surface area is 171 Å². The van der Waals surface area contributed by atoms with Gasteiger partial charge in [-0.1, -0.05) is 13.3 Å². The second kappa shape index (κ2) is 14.0. The van der Waals surface area contributed by atoms with Crippen LogP contribution in [0.1, 0.15) is 39.5 Å². The molecule has 0 aromatic carbocycles. The van der Waals surface area contributed by atoms with Gasteiger partial charge in [0.05, 0.1) is 19.8 Å². The number of ether oxygens (including phenoxy) is 1. The number of nitrogens with one attached hydrogen (secondary N) is 2.